The van der Waals surface area contributed by atoms with Crippen molar-refractivity contribution in [1.29, 1.82) is 0 Å². The zero-order valence-corrected chi connectivity index (χ0v) is 19.2. The van der Waals surface area contributed by atoms with E-state index in [1.165, 1.54) is 19.1 Å². The summed E-state index contributed by atoms with van der Waals surface area (Å²) in [4.78, 5) is 35.7. The van der Waals surface area contributed by atoms with Crippen LogP contribution in [0.1, 0.15) is 54.0 Å². The van der Waals surface area contributed by atoms with Crippen molar-refractivity contribution in [2.75, 3.05) is 5.32 Å². The lowest BCUT2D eigenvalue weighted by Crippen LogP contribution is -2.16. The summed E-state index contributed by atoms with van der Waals surface area (Å²) in [5.41, 5.74) is 1.35. The quantitative estimate of drug-likeness (QED) is 0.518. The van der Waals surface area contributed by atoms with Crippen molar-refractivity contribution in [3.63, 3.8) is 0 Å². The standard InChI is InChI=1S/C22H22ClN5O5/c1-12(29)33-11-28-19(25-26-27-28)15-9-16(21(31)32)18(10-17(15)23)24-20(30)13-5-7-14(8-6-13)22(2,3)4/h5-10H,11H2,1-4H3,(H,24,30)(H,31,32). The normalized spacial score (nSPS) is 11.2. The minimum Gasteiger partial charge on any atom is -0.478 e. The predicted octanol–water partition coefficient (Wildman–Crippen LogP) is 3.76. The van der Waals surface area contributed by atoms with Crippen molar-refractivity contribution in [2.45, 2.75) is 39.8 Å². The molecule has 1 aromatic heterocycles. The first-order valence-electron chi connectivity index (χ1n) is 9.86. The van der Waals surface area contributed by atoms with Crippen molar-refractivity contribution < 1.29 is 24.2 Å². The third-order valence-electron chi connectivity index (χ3n) is 4.76. The number of halogens is 1. The number of aromatic carboxylic acids is 1. The van der Waals surface area contributed by atoms with E-state index in [-0.39, 0.29) is 39.8 Å². The SMILES string of the molecule is CC(=O)OCn1nnnc1-c1cc(C(=O)O)c(NC(=O)c2ccc(C(C)(C)C)cc2)cc1Cl. The molecule has 0 saturated heterocycles. The molecule has 0 atom stereocenters. The van der Waals surface area contributed by atoms with Gasteiger partial charge in [-0.3, -0.25) is 9.59 Å². The number of benzene rings is 2. The molecule has 0 fully saturated rings. The van der Waals surface area contributed by atoms with E-state index < -0.39 is 17.8 Å². The van der Waals surface area contributed by atoms with Gasteiger partial charge < -0.3 is 15.2 Å². The number of esters is 1. The first kappa shape index (κ1) is 23.9. The summed E-state index contributed by atoms with van der Waals surface area (Å²) in [7, 11) is 0. The number of anilines is 1. The van der Waals surface area contributed by atoms with Gasteiger partial charge in [-0.1, -0.05) is 44.5 Å². The third kappa shape index (κ3) is 5.53. The highest BCUT2D eigenvalue weighted by Gasteiger charge is 2.21. The van der Waals surface area contributed by atoms with Crippen molar-refractivity contribution in [1.82, 2.24) is 20.2 Å². The molecular formula is C22H22ClN5O5. The molecule has 0 bridgehead atoms. The minimum atomic E-state index is -1.29. The summed E-state index contributed by atoms with van der Waals surface area (Å²) < 4.78 is 6.04. The Morgan fingerprint density at radius 1 is 1.15 bits per heavy atom. The molecule has 11 heteroatoms. The number of rotatable bonds is 6. The number of carbonyl (C=O) groups excluding carboxylic acids is 2. The number of tetrazole rings is 1. The largest absolute Gasteiger partial charge is 0.478 e. The number of amides is 1. The van der Waals surface area contributed by atoms with E-state index in [1.807, 2.05) is 12.1 Å². The van der Waals surface area contributed by atoms with Gasteiger partial charge in [-0.25, -0.2) is 4.79 Å². The highest BCUT2D eigenvalue weighted by molar-refractivity contribution is 6.34. The fraction of sp³-hybridized carbons (Fsp3) is 0.273. The Morgan fingerprint density at radius 2 is 1.82 bits per heavy atom. The molecular weight excluding hydrogens is 450 g/mol. The third-order valence-corrected chi connectivity index (χ3v) is 5.07. The summed E-state index contributed by atoms with van der Waals surface area (Å²) in [5.74, 6) is -2.21. The summed E-state index contributed by atoms with van der Waals surface area (Å²) >= 11 is 6.37. The van der Waals surface area contributed by atoms with Gasteiger partial charge in [0.25, 0.3) is 5.91 Å². The van der Waals surface area contributed by atoms with Gasteiger partial charge in [0.2, 0.25) is 0 Å². The molecule has 33 heavy (non-hydrogen) atoms. The molecule has 3 rings (SSSR count). The molecule has 3 aromatic rings. The van der Waals surface area contributed by atoms with Crippen molar-refractivity contribution in [3.8, 4) is 11.4 Å². The zero-order valence-electron chi connectivity index (χ0n) is 18.4. The Balaban J connectivity index is 1.92. The van der Waals surface area contributed by atoms with Crippen molar-refractivity contribution in [2.24, 2.45) is 0 Å². The Morgan fingerprint density at radius 3 is 2.39 bits per heavy atom. The van der Waals surface area contributed by atoms with E-state index in [4.69, 9.17) is 16.3 Å². The highest BCUT2D eigenvalue weighted by Crippen LogP contribution is 2.32. The van der Waals surface area contributed by atoms with Gasteiger partial charge in [0.05, 0.1) is 16.3 Å². The van der Waals surface area contributed by atoms with Crippen LogP contribution in [0.2, 0.25) is 5.02 Å². The van der Waals surface area contributed by atoms with Gasteiger partial charge in [-0.2, -0.15) is 4.68 Å². The lowest BCUT2D eigenvalue weighted by molar-refractivity contribution is -0.145. The second-order valence-corrected chi connectivity index (χ2v) is 8.64. The van der Waals surface area contributed by atoms with Gasteiger partial charge in [0, 0.05) is 18.1 Å². The maximum absolute atomic E-state index is 12.7. The molecule has 2 aromatic carbocycles. The Bertz CT molecular complexity index is 1210. The maximum atomic E-state index is 12.7. The van der Waals surface area contributed by atoms with Crippen molar-refractivity contribution in [3.05, 3.63) is 58.1 Å². The zero-order chi connectivity index (χ0) is 24.3. The Kier molecular flexibility index (Phi) is 6.78. The number of hydrogen-bond donors (Lipinski definition) is 2. The van der Waals surface area contributed by atoms with Gasteiger partial charge >= 0.3 is 11.9 Å². The average Bonchev–Trinajstić information content (AvgIpc) is 3.20. The number of aromatic nitrogens is 4. The van der Waals surface area contributed by atoms with E-state index in [2.05, 4.69) is 41.6 Å². The number of hydrogen-bond acceptors (Lipinski definition) is 7. The monoisotopic (exact) mass is 471 g/mol. The number of carbonyl (C=O) groups is 3. The van der Waals surface area contributed by atoms with Crippen LogP contribution in [-0.4, -0.2) is 43.2 Å². The molecule has 0 aliphatic heterocycles. The van der Waals surface area contributed by atoms with Crippen LogP contribution < -0.4 is 5.32 Å². The number of carboxylic acid groups (broad SMARTS) is 1. The van der Waals surface area contributed by atoms with Crippen LogP contribution >= 0.6 is 11.6 Å². The van der Waals surface area contributed by atoms with Crippen LogP contribution in [0, 0.1) is 0 Å². The lowest BCUT2D eigenvalue weighted by atomic mass is 9.86. The number of carboxylic acids is 1. The van der Waals surface area contributed by atoms with Crippen LogP contribution in [0.3, 0.4) is 0 Å². The van der Waals surface area contributed by atoms with Gasteiger partial charge in [-0.15, -0.1) is 5.10 Å². The highest BCUT2D eigenvalue weighted by atomic mass is 35.5. The fourth-order valence-corrected chi connectivity index (χ4v) is 3.23. The second-order valence-electron chi connectivity index (χ2n) is 8.23. The van der Waals surface area contributed by atoms with Crippen LogP contribution in [-0.2, 0) is 21.7 Å². The smallest absolute Gasteiger partial charge is 0.337 e. The molecule has 0 aliphatic carbocycles. The van der Waals surface area contributed by atoms with Crippen LogP contribution in [0.25, 0.3) is 11.4 Å². The molecule has 0 saturated carbocycles. The van der Waals surface area contributed by atoms with Crippen LogP contribution in [0.15, 0.2) is 36.4 Å². The van der Waals surface area contributed by atoms with Gasteiger partial charge in [0.1, 0.15) is 0 Å². The number of ether oxygens (including phenoxy) is 1. The number of nitrogens with one attached hydrogen (secondary N) is 1. The first-order valence-corrected chi connectivity index (χ1v) is 10.2. The number of nitrogens with zero attached hydrogens (tertiary/aromatic N) is 4. The molecule has 172 valence electrons. The van der Waals surface area contributed by atoms with Crippen molar-refractivity contribution >= 4 is 35.1 Å². The first-order chi connectivity index (χ1) is 15.5. The fourth-order valence-electron chi connectivity index (χ4n) is 2.98. The summed E-state index contributed by atoms with van der Waals surface area (Å²) in [5, 5.41) is 23.5. The van der Waals surface area contributed by atoms with E-state index in [9.17, 15) is 19.5 Å². The maximum Gasteiger partial charge on any atom is 0.337 e. The molecule has 0 spiro atoms. The Labute approximate surface area is 194 Å². The summed E-state index contributed by atoms with van der Waals surface area (Å²) in [6, 6.07) is 9.62. The van der Waals surface area contributed by atoms with E-state index in [1.54, 1.807) is 12.1 Å². The topological polar surface area (TPSA) is 136 Å². The van der Waals surface area contributed by atoms with Gasteiger partial charge in [0.15, 0.2) is 12.6 Å². The molecule has 0 aliphatic rings. The summed E-state index contributed by atoms with van der Waals surface area (Å²) in [6.07, 6.45) is 0. The average molecular weight is 472 g/mol. The predicted molar refractivity (Wildman–Crippen MR) is 120 cm³/mol. The van der Waals surface area contributed by atoms with E-state index in [0.29, 0.717) is 5.56 Å². The Hall–Kier alpha value is -3.79. The van der Waals surface area contributed by atoms with E-state index >= 15 is 0 Å². The van der Waals surface area contributed by atoms with Crippen LogP contribution in [0.5, 0.6) is 0 Å². The molecule has 1 amide bonds. The molecule has 0 radical (unpaired) electrons. The molecule has 10 nitrogen and oxygen atoms in total. The second kappa shape index (κ2) is 9.37. The molecule has 2 N–H and O–H groups in total. The van der Waals surface area contributed by atoms with Gasteiger partial charge in [-0.05, 0) is 45.7 Å². The van der Waals surface area contributed by atoms with Crippen LogP contribution in [0.4, 0.5) is 5.69 Å². The lowest BCUT2D eigenvalue weighted by Gasteiger charge is -2.19. The molecule has 1 heterocycles. The summed E-state index contributed by atoms with van der Waals surface area (Å²) in [6.45, 7) is 7.14. The molecule has 0 unspecified atom stereocenters. The minimum absolute atomic E-state index is 0.0140. The van der Waals surface area contributed by atoms with E-state index in [0.717, 1.165) is 10.2 Å².